The minimum atomic E-state index is -3.47. The number of rotatable bonds is 7. The first-order valence-corrected chi connectivity index (χ1v) is 9.50. The minimum Gasteiger partial charge on any atom is -0.371 e. The van der Waals surface area contributed by atoms with Crippen molar-refractivity contribution in [2.45, 2.75) is 23.5 Å². The third-order valence-corrected chi connectivity index (χ3v) is 6.20. The van der Waals surface area contributed by atoms with E-state index in [1.54, 1.807) is 4.90 Å². The van der Waals surface area contributed by atoms with E-state index in [9.17, 15) is 23.3 Å². The van der Waals surface area contributed by atoms with E-state index >= 15 is 0 Å². The second-order valence-corrected chi connectivity index (χ2v) is 8.37. The lowest BCUT2D eigenvalue weighted by Crippen LogP contribution is -2.26. The van der Waals surface area contributed by atoms with Gasteiger partial charge < -0.3 is 10.2 Å². The van der Waals surface area contributed by atoms with Crippen molar-refractivity contribution < 1.29 is 18.1 Å². The molecular weight excluding hydrogens is 330 g/mol. The average molecular weight is 347 g/mol. The molecule has 0 bridgehead atoms. The number of sulfone groups is 1. The maximum Gasteiger partial charge on any atom is 0.304 e. The van der Waals surface area contributed by atoms with E-state index in [4.69, 9.17) is 0 Å². The van der Waals surface area contributed by atoms with Gasteiger partial charge >= 0.3 is 5.69 Å². The second kappa shape index (κ2) is 6.61. The topological polar surface area (TPSA) is 110 Å². The van der Waals surface area contributed by atoms with Crippen LogP contribution in [0.4, 0.5) is 10.7 Å². The molecule has 2 heterocycles. The molecule has 1 amide bonds. The lowest BCUT2D eigenvalue weighted by molar-refractivity contribution is -0.383. The molecule has 0 saturated carbocycles. The van der Waals surface area contributed by atoms with Crippen LogP contribution in [0.1, 0.15) is 19.3 Å². The van der Waals surface area contributed by atoms with Gasteiger partial charge in [0.15, 0.2) is 14.8 Å². The maximum absolute atomic E-state index is 11.5. The summed E-state index contributed by atoms with van der Waals surface area (Å²) in [4.78, 5) is 23.6. The maximum atomic E-state index is 11.5. The first-order chi connectivity index (χ1) is 10.3. The van der Waals surface area contributed by atoms with Crippen molar-refractivity contribution in [2.24, 2.45) is 0 Å². The molecule has 1 aromatic rings. The van der Waals surface area contributed by atoms with E-state index in [1.165, 1.54) is 0 Å². The number of thiophene rings is 1. The molecule has 0 unspecified atom stereocenters. The number of carbonyl (C=O) groups excluding carboxylic acids is 1. The van der Waals surface area contributed by atoms with Crippen molar-refractivity contribution >= 4 is 37.8 Å². The van der Waals surface area contributed by atoms with Gasteiger partial charge in [-0.15, -0.1) is 0 Å². The van der Waals surface area contributed by atoms with Crippen LogP contribution in [0.2, 0.25) is 0 Å². The number of amides is 1. The van der Waals surface area contributed by atoms with E-state index in [2.05, 4.69) is 5.32 Å². The summed E-state index contributed by atoms with van der Waals surface area (Å²) in [6.45, 7) is 1.80. The number of hydrogen-bond donors (Lipinski definition) is 1. The molecule has 1 aliphatic rings. The molecule has 0 spiro atoms. The SMILES string of the molecule is CS(=O)(=O)c1cc([N+](=O)[O-])c(NCCCN2CCCC2=O)s1. The Labute approximate surface area is 132 Å². The van der Waals surface area contributed by atoms with Gasteiger partial charge in [-0.05, 0) is 12.8 Å². The molecule has 8 nitrogen and oxygen atoms in total. The van der Waals surface area contributed by atoms with Gasteiger partial charge in [0.05, 0.1) is 4.92 Å². The predicted molar refractivity (Wildman–Crippen MR) is 83.0 cm³/mol. The Morgan fingerprint density at radius 1 is 1.50 bits per heavy atom. The van der Waals surface area contributed by atoms with E-state index in [0.717, 1.165) is 36.6 Å². The molecule has 0 aliphatic carbocycles. The van der Waals surface area contributed by atoms with Gasteiger partial charge in [0.2, 0.25) is 5.91 Å². The highest BCUT2D eigenvalue weighted by molar-refractivity contribution is 7.92. The van der Waals surface area contributed by atoms with Crippen molar-refractivity contribution in [3.63, 3.8) is 0 Å². The van der Waals surface area contributed by atoms with Crippen molar-refractivity contribution in [3.8, 4) is 0 Å². The molecule has 10 heteroatoms. The van der Waals surface area contributed by atoms with Gasteiger partial charge in [0.25, 0.3) is 0 Å². The summed E-state index contributed by atoms with van der Waals surface area (Å²) in [5, 5.41) is 14.1. The first kappa shape index (κ1) is 16.7. The van der Waals surface area contributed by atoms with Crippen molar-refractivity contribution in [1.29, 1.82) is 0 Å². The number of nitrogens with one attached hydrogen (secondary N) is 1. The fraction of sp³-hybridized carbons (Fsp3) is 0.583. The molecule has 1 N–H and O–H groups in total. The normalized spacial score (nSPS) is 15.3. The van der Waals surface area contributed by atoms with E-state index in [-0.39, 0.29) is 20.8 Å². The Morgan fingerprint density at radius 3 is 2.77 bits per heavy atom. The molecule has 0 atom stereocenters. The zero-order valence-corrected chi connectivity index (χ0v) is 13.7. The fourth-order valence-electron chi connectivity index (χ4n) is 2.22. The molecule has 1 fully saturated rings. The summed E-state index contributed by atoms with van der Waals surface area (Å²) in [6.07, 6.45) is 3.13. The number of carbonyl (C=O) groups is 1. The summed E-state index contributed by atoms with van der Waals surface area (Å²) in [5.74, 6) is 0.140. The quantitative estimate of drug-likeness (QED) is 0.454. The minimum absolute atomic E-state index is 0.0311. The summed E-state index contributed by atoms with van der Waals surface area (Å²) >= 11 is 0.857. The van der Waals surface area contributed by atoms with Crippen LogP contribution in [-0.4, -0.2) is 50.0 Å². The van der Waals surface area contributed by atoms with Crippen LogP contribution < -0.4 is 5.32 Å². The number of nitro groups is 1. The zero-order valence-electron chi connectivity index (χ0n) is 12.1. The Balaban J connectivity index is 1.95. The van der Waals surface area contributed by atoms with E-state index < -0.39 is 14.8 Å². The summed E-state index contributed by atoms with van der Waals surface area (Å²) in [7, 11) is -3.47. The highest BCUT2D eigenvalue weighted by Gasteiger charge is 2.24. The van der Waals surface area contributed by atoms with Crippen LogP contribution in [-0.2, 0) is 14.6 Å². The van der Waals surface area contributed by atoms with Gasteiger partial charge in [-0.25, -0.2) is 8.42 Å². The van der Waals surface area contributed by atoms with Crippen molar-refractivity contribution in [1.82, 2.24) is 4.90 Å². The van der Waals surface area contributed by atoms with Crippen LogP contribution >= 0.6 is 11.3 Å². The largest absolute Gasteiger partial charge is 0.371 e. The van der Waals surface area contributed by atoms with Crippen LogP contribution in [0.3, 0.4) is 0 Å². The van der Waals surface area contributed by atoms with Gasteiger partial charge in [0, 0.05) is 38.4 Å². The molecule has 1 saturated heterocycles. The smallest absolute Gasteiger partial charge is 0.304 e. The lowest BCUT2D eigenvalue weighted by atomic mass is 10.4. The number of nitrogens with zero attached hydrogens (tertiary/aromatic N) is 2. The van der Waals surface area contributed by atoms with Gasteiger partial charge in [-0.3, -0.25) is 14.9 Å². The predicted octanol–water partition coefficient (Wildman–Crippen LogP) is 1.48. The molecule has 2 rings (SSSR count). The molecule has 1 aromatic heterocycles. The van der Waals surface area contributed by atoms with Gasteiger partial charge in [0.1, 0.15) is 4.21 Å². The highest BCUT2D eigenvalue weighted by atomic mass is 32.2. The molecular formula is C12H17N3O5S2. The van der Waals surface area contributed by atoms with Gasteiger partial charge in [-0.1, -0.05) is 11.3 Å². The Kier molecular flexibility index (Phi) is 5.01. The molecule has 0 radical (unpaired) electrons. The van der Waals surface area contributed by atoms with Crippen molar-refractivity contribution in [3.05, 3.63) is 16.2 Å². The second-order valence-electron chi connectivity index (χ2n) is 5.07. The summed E-state index contributed by atoms with van der Waals surface area (Å²) < 4.78 is 22.9. The molecule has 1 aliphatic heterocycles. The summed E-state index contributed by atoms with van der Waals surface area (Å²) in [5.41, 5.74) is -0.234. The Morgan fingerprint density at radius 2 is 2.23 bits per heavy atom. The fourth-order valence-corrected chi connectivity index (χ4v) is 4.18. The monoisotopic (exact) mass is 347 g/mol. The van der Waals surface area contributed by atoms with Crippen LogP contribution in [0.25, 0.3) is 0 Å². The zero-order chi connectivity index (χ0) is 16.3. The molecule has 22 heavy (non-hydrogen) atoms. The molecule has 0 aromatic carbocycles. The molecule has 122 valence electrons. The number of likely N-dealkylation sites (tertiary alicyclic amines) is 1. The highest BCUT2D eigenvalue weighted by Crippen LogP contribution is 2.36. The average Bonchev–Trinajstić information content (AvgIpc) is 3.00. The van der Waals surface area contributed by atoms with Crippen LogP contribution in [0.5, 0.6) is 0 Å². The standard InChI is InChI=1S/C12H17N3O5S2/c1-22(19,20)11-8-9(15(17)18)12(21-11)13-5-3-7-14-6-2-4-10(14)16/h8,13H,2-7H2,1H3. The number of anilines is 1. The third-order valence-electron chi connectivity index (χ3n) is 3.31. The van der Waals surface area contributed by atoms with Gasteiger partial charge in [-0.2, -0.15) is 0 Å². The van der Waals surface area contributed by atoms with E-state index in [1.807, 2.05) is 0 Å². The Hall–Kier alpha value is -1.68. The number of hydrogen-bond acceptors (Lipinski definition) is 7. The Bertz CT molecular complexity index is 683. The summed E-state index contributed by atoms with van der Waals surface area (Å²) in [6, 6.07) is 1.08. The van der Waals surface area contributed by atoms with E-state index in [0.29, 0.717) is 25.9 Å². The van der Waals surface area contributed by atoms with Crippen LogP contribution in [0.15, 0.2) is 10.3 Å². The van der Waals surface area contributed by atoms with Crippen LogP contribution in [0, 0.1) is 10.1 Å². The lowest BCUT2D eigenvalue weighted by Gasteiger charge is -2.15. The first-order valence-electron chi connectivity index (χ1n) is 6.79. The van der Waals surface area contributed by atoms with Crippen molar-refractivity contribution in [2.75, 3.05) is 31.2 Å². The third kappa shape index (κ3) is 3.95.